The molecule has 3 rings (SSSR count). The molecule has 0 saturated carbocycles. The highest BCUT2D eigenvalue weighted by Crippen LogP contribution is 2.36. The number of carbonyl (C=O) groups excluding carboxylic acids is 2. The van der Waals surface area contributed by atoms with Crippen molar-refractivity contribution in [3.8, 4) is 5.75 Å². The van der Waals surface area contributed by atoms with Gasteiger partial charge in [0.25, 0.3) is 5.91 Å². The number of benzene rings is 1. The van der Waals surface area contributed by atoms with Gasteiger partial charge in [-0.2, -0.15) is 0 Å². The van der Waals surface area contributed by atoms with Crippen molar-refractivity contribution in [1.82, 2.24) is 9.80 Å². The highest BCUT2D eigenvalue weighted by Gasteiger charge is 2.43. The van der Waals surface area contributed by atoms with Crippen LogP contribution in [0.2, 0.25) is 0 Å². The van der Waals surface area contributed by atoms with Crippen LogP contribution in [0.3, 0.4) is 0 Å². The molecule has 1 aromatic carbocycles. The van der Waals surface area contributed by atoms with Crippen LogP contribution in [-0.2, 0) is 4.79 Å². The molecule has 2 amide bonds. The van der Waals surface area contributed by atoms with Crippen LogP contribution in [0.1, 0.15) is 23.2 Å². The highest BCUT2D eigenvalue weighted by molar-refractivity contribution is 5.95. The van der Waals surface area contributed by atoms with Crippen molar-refractivity contribution < 1.29 is 14.3 Å². The summed E-state index contributed by atoms with van der Waals surface area (Å²) < 4.78 is 5.14. The Kier molecular flexibility index (Phi) is 5.27. The summed E-state index contributed by atoms with van der Waals surface area (Å²) in [7, 11) is 3.72. The third-order valence-corrected chi connectivity index (χ3v) is 5.72. The first-order chi connectivity index (χ1) is 12.0. The standard InChI is InChI=1S/C19H27N3O3/c1-21-9-7-13(8-10-21)16-11-22(12-17(16)18(20)23)19(24)14-3-5-15(25-2)6-4-14/h3-6,13,16-17H,7-12H2,1-2H3,(H2,20,23)/t16-,17+/m0/s1. The van der Waals surface area contributed by atoms with Crippen LogP contribution in [0.5, 0.6) is 5.75 Å². The second-order valence-corrected chi connectivity index (χ2v) is 7.25. The minimum absolute atomic E-state index is 0.0377. The van der Waals surface area contributed by atoms with Crippen LogP contribution < -0.4 is 10.5 Å². The largest absolute Gasteiger partial charge is 0.497 e. The Morgan fingerprint density at radius 1 is 1.12 bits per heavy atom. The van der Waals surface area contributed by atoms with Crippen molar-refractivity contribution in [3.63, 3.8) is 0 Å². The minimum Gasteiger partial charge on any atom is -0.497 e. The zero-order valence-corrected chi connectivity index (χ0v) is 15.0. The molecule has 25 heavy (non-hydrogen) atoms. The van der Waals surface area contributed by atoms with Crippen molar-refractivity contribution in [2.45, 2.75) is 12.8 Å². The lowest BCUT2D eigenvalue weighted by Gasteiger charge is -2.34. The molecule has 0 aliphatic carbocycles. The van der Waals surface area contributed by atoms with Gasteiger partial charge in [-0.05, 0) is 69.1 Å². The van der Waals surface area contributed by atoms with Crippen LogP contribution in [0, 0.1) is 17.8 Å². The smallest absolute Gasteiger partial charge is 0.253 e. The monoisotopic (exact) mass is 345 g/mol. The molecule has 2 aliphatic heterocycles. The molecule has 6 nitrogen and oxygen atoms in total. The molecule has 2 saturated heterocycles. The molecule has 0 radical (unpaired) electrons. The number of likely N-dealkylation sites (tertiary alicyclic amines) is 2. The van der Waals surface area contributed by atoms with E-state index in [0.29, 0.717) is 24.6 Å². The van der Waals surface area contributed by atoms with Gasteiger partial charge < -0.3 is 20.3 Å². The number of nitrogens with two attached hydrogens (primary N) is 1. The fourth-order valence-corrected chi connectivity index (χ4v) is 4.15. The van der Waals surface area contributed by atoms with Gasteiger partial charge in [0.2, 0.25) is 5.91 Å². The van der Waals surface area contributed by atoms with Crippen LogP contribution >= 0.6 is 0 Å². The summed E-state index contributed by atoms with van der Waals surface area (Å²) in [6.07, 6.45) is 2.13. The van der Waals surface area contributed by atoms with Gasteiger partial charge in [-0.3, -0.25) is 9.59 Å². The Balaban J connectivity index is 1.72. The van der Waals surface area contributed by atoms with Crippen molar-refractivity contribution in [2.24, 2.45) is 23.5 Å². The van der Waals surface area contributed by atoms with Gasteiger partial charge in [-0.1, -0.05) is 0 Å². The van der Waals surface area contributed by atoms with Gasteiger partial charge in [0, 0.05) is 18.7 Å². The molecule has 136 valence electrons. The predicted octanol–water partition coefficient (Wildman–Crippen LogP) is 1.21. The summed E-state index contributed by atoms with van der Waals surface area (Å²) in [6, 6.07) is 7.10. The number of nitrogens with zero attached hydrogens (tertiary/aromatic N) is 2. The van der Waals surface area contributed by atoms with E-state index in [1.165, 1.54) is 0 Å². The number of rotatable bonds is 4. The average molecular weight is 345 g/mol. The van der Waals surface area contributed by atoms with Gasteiger partial charge in [-0.25, -0.2) is 0 Å². The zero-order valence-electron chi connectivity index (χ0n) is 15.0. The van der Waals surface area contributed by atoms with E-state index in [1.807, 2.05) is 0 Å². The van der Waals surface area contributed by atoms with Crippen LogP contribution in [0.15, 0.2) is 24.3 Å². The van der Waals surface area contributed by atoms with Gasteiger partial charge >= 0.3 is 0 Å². The molecule has 2 heterocycles. The first kappa shape index (κ1) is 17.7. The number of methoxy groups -OCH3 is 1. The maximum atomic E-state index is 12.8. The summed E-state index contributed by atoms with van der Waals surface area (Å²) >= 11 is 0. The lowest BCUT2D eigenvalue weighted by Crippen LogP contribution is -2.38. The molecule has 0 aromatic heterocycles. The van der Waals surface area contributed by atoms with E-state index in [2.05, 4.69) is 11.9 Å². The first-order valence-electron chi connectivity index (χ1n) is 8.90. The molecule has 2 atom stereocenters. The van der Waals surface area contributed by atoms with E-state index in [4.69, 9.17) is 10.5 Å². The molecule has 6 heteroatoms. The Hall–Kier alpha value is -2.08. The predicted molar refractivity (Wildman–Crippen MR) is 95.3 cm³/mol. The summed E-state index contributed by atoms with van der Waals surface area (Å²) in [5, 5.41) is 0. The summed E-state index contributed by atoms with van der Waals surface area (Å²) in [5.41, 5.74) is 6.28. The second kappa shape index (κ2) is 7.44. The Morgan fingerprint density at radius 3 is 2.32 bits per heavy atom. The summed E-state index contributed by atoms with van der Waals surface area (Å²) in [4.78, 5) is 28.9. The molecule has 2 fully saturated rings. The quantitative estimate of drug-likeness (QED) is 0.890. The van der Waals surface area contributed by atoms with Gasteiger partial charge in [-0.15, -0.1) is 0 Å². The maximum Gasteiger partial charge on any atom is 0.253 e. The third-order valence-electron chi connectivity index (χ3n) is 5.72. The van der Waals surface area contributed by atoms with E-state index in [-0.39, 0.29) is 23.7 Å². The number of ether oxygens (including phenoxy) is 1. The first-order valence-corrected chi connectivity index (χ1v) is 8.90. The van der Waals surface area contributed by atoms with Crippen molar-refractivity contribution in [2.75, 3.05) is 40.3 Å². The summed E-state index contributed by atoms with van der Waals surface area (Å²) in [6.45, 7) is 3.13. The number of amides is 2. The van der Waals surface area contributed by atoms with Gasteiger partial charge in [0.15, 0.2) is 0 Å². The van der Waals surface area contributed by atoms with E-state index >= 15 is 0 Å². The average Bonchev–Trinajstić information content (AvgIpc) is 3.07. The topological polar surface area (TPSA) is 75.9 Å². The SMILES string of the molecule is COc1ccc(C(=O)N2C[C@@H](C(N)=O)[C@H](C3CCN(C)CC3)C2)cc1. The van der Waals surface area contributed by atoms with Crippen LogP contribution in [-0.4, -0.2) is 62.0 Å². The van der Waals surface area contributed by atoms with E-state index < -0.39 is 0 Å². The van der Waals surface area contributed by atoms with Crippen LogP contribution in [0.4, 0.5) is 0 Å². The number of primary amides is 1. The molecule has 2 aliphatic rings. The maximum absolute atomic E-state index is 12.8. The Labute approximate surface area is 148 Å². The number of hydrogen-bond acceptors (Lipinski definition) is 4. The number of hydrogen-bond donors (Lipinski definition) is 1. The molecule has 1 aromatic rings. The number of carbonyl (C=O) groups is 2. The molecular formula is C19H27N3O3. The van der Waals surface area contributed by atoms with Gasteiger partial charge in [0.05, 0.1) is 13.0 Å². The Bertz CT molecular complexity index is 623. The van der Waals surface area contributed by atoms with Crippen molar-refractivity contribution in [3.05, 3.63) is 29.8 Å². The lowest BCUT2D eigenvalue weighted by atomic mass is 9.78. The lowest BCUT2D eigenvalue weighted by molar-refractivity contribution is -0.123. The molecule has 2 N–H and O–H groups in total. The molecular weight excluding hydrogens is 318 g/mol. The van der Waals surface area contributed by atoms with Crippen molar-refractivity contribution in [1.29, 1.82) is 0 Å². The minimum atomic E-state index is -0.283. The highest BCUT2D eigenvalue weighted by atomic mass is 16.5. The summed E-state index contributed by atoms with van der Waals surface area (Å²) in [5.74, 6) is 0.793. The van der Waals surface area contributed by atoms with E-state index in [1.54, 1.807) is 36.3 Å². The molecule has 0 unspecified atom stereocenters. The second-order valence-electron chi connectivity index (χ2n) is 7.25. The fourth-order valence-electron chi connectivity index (χ4n) is 4.15. The normalized spacial score (nSPS) is 25.1. The van der Waals surface area contributed by atoms with Gasteiger partial charge in [0.1, 0.15) is 5.75 Å². The zero-order chi connectivity index (χ0) is 18.0. The van der Waals surface area contributed by atoms with E-state index in [9.17, 15) is 9.59 Å². The van der Waals surface area contributed by atoms with Crippen LogP contribution in [0.25, 0.3) is 0 Å². The third kappa shape index (κ3) is 3.79. The molecule has 0 spiro atoms. The Morgan fingerprint density at radius 2 is 1.76 bits per heavy atom. The fraction of sp³-hybridized carbons (Fsp3) is 0.579. The number of piperidine rings is 1. The van der Waals surface area contributed by atoms with E-state index in [0.717, 1.165) is 31.7 Å². The van der Waals surface area contributed by atoms with Crippen molar-refractivity contribution >= 4 is 11.8 Å². The molecule has 0 bridgehead atoms.